The number of halogens is 3. The van der Waals surface area contributed by atoms with Crippen molar-refractivity contribution in [1.82, 2.24) is 9.97 Å². The number of carbonyl (C=O) groups is 1. The van der Waals surface area contributed by atoms with Crippen LogP contribution >= 0.6 is 34.8 Å². The molecule has 0 fully saturated rings. The van der Waals surface area contributed by atoms with E-state index in [4.69, 9.17) is 34.8 Å². The van der Waals surface area contributed by atoms with E-state index in [1.807, 2.05) is 0 Å². The molecule has 0 amide bonds. The summed E-state index contributed by atoms with van der Waals surface area (Å²) < 4.78 is 11.5. The summed E-state index contributed by atoms with van der Waals surface area (Å²) in [7, 11) is 0. The van der Waals surface area contributed by atoms with Gasteiger partial charge in [-0.25, -0.2) is 0 Å². The van der Waals surface area contributed by atoms with Crippen molar-refractivity contribution in [2.45, 2.75) is 0 Å². The number of hydrogen-bond donors (Lipinski definition) is 1. The van der Waals surface area contributed by atoms with Crippen LogP contribution < -0.4 is 0 Å². The first kappa shape index (κ1) is 17.6. The predicted molar refractivity (Wildman–Crippen MR) is 99.8 cm³/mol. The number of carbonyl (C=O) groups excluding carboxylic acids is 1. The zero-order valence-corrected chi connectivity index (χ0v) is 15.5. The third kappa shape index (κ3) is 3.15. The third-order valence-electron chi connectivity index (χ3n) is 3.46. The van der Waals surface area contributed by atoms with Crippen LogP contribution in [0.5, 0.6) is 0 Å². The van der Waals surface area contributed by atoms with Gasteiger partial charge in [0.05, 0.1) is 32.7 Å². The number of ketones is 1. The van der Waals surface area contributed by atoms with E-state index in [9.17, 15) is 9.35 Å². The molecule has 3 rings (SSSR count). The second-order valence-electron chi connectivity index (χ2n) is 5.14. The molecule has 1 aromatic carbocycles. The third-order valence-corrected chi connectivity index (χ3v) is 5.39. The second kappa shape index (κ2) is 6.94. The van der Waals surface area contributed by atoms with Gasteiger partial charge >= 0.3 is 0 Å². The first-order valence-electron chi connectivity index (χ1n) is 6.84. The normalized spacial score (nSPS) is 12.5. The lowest BCUT2D eigenvalue weighted by Crippen LogP contribution is -2.15. The highest BCUT2D eigenvalue weighted by Crippen LogP contribution is 2.42. The average Bonchev–Trinajstić information content (AvgIpc) is 2.92. The Hall–Kier alpha value is -1.24. The molecule has 4 nitrogen and oxygen atoms in total. The van der Waals surface area contributed by atoms with Gasteiger partial charge in [0, 0.05) is 22.7 Å². The van der Waals surface area contributed by atoms with Gasteiger partial charge in [-0.1, -0.05) is 40.9 Å². The molecule has 2 heterocycles. The fraction of sp³-hybridized carbons (Fsp3) is 0.125. The highest BCUT2D eigenvalue weighted by molar-refractivity contribution is 7.91. The van der Waals surface area contributed by atoms with E-state index in [-0.39, 0.29) is 26.6 Å². The topological polar surface area (TPSA) is 68.8 Å². The smallest absolute Gasteiger partial charge is 0.228 e. The lowest BCUT2D eigenvalue weighted by Gasteiger charge is -2.07. The summed E-state index contributed by atoms with van der Waals surface area (Å²) >= 11 is 17.3. The van der Waals surface area contributed by atoms with E-state index in [2.05, 4.69) is 9.97 Å². The molecule has 1 atom stereocenters. The Morgan fingerprint density at radius 1 is 1.29 bits per heavy atom. The number of rotatable bonds is 4. The highest BCUT2D eigenvalue weighted by Gasteiger charge is 2.25. The van der Waals surface area contributed by atoms with Gasteiger partial charge in [0.2, 0.25) is 5.78 Å². The molecule has 2 aromatic heterocycles. The standard InChI is InChI=1S/C16H11Cl3N2O2S/c1-24(23)7-11(22)16-13(9-4-2-3-5-20-9)12-10(21-16)6-8(17)14(18)15(12)19/h2-6,21H,7H2,1H3. The van der Waals surface area contributed by atoms with Crippen LogP contribution in [0.25, 0.3) is 22.2 Å². The molecule has 0 aliphatic carbocycles. The number of aromatic nitrogens is 2. The zero-order chi connectivity index (χ0) is 17.4. The summed E-state index contributed by atoms with van der Waals surface area (Å²) in [6.45, 7) is 0. The molecular weight excluding hydrogens is 391 g/mol. The van der Waals surface area contributed by atoms with E-state index < -0.39 is 11.2 Å². The van der Waals surface area contributed by atoms with Gasteiger partial charge < -0.3 is 9.54 Å². The molecule has 0 bridgehead atoms. The second-order valence-corrected chi connectivity index (χ2v) is 7.74. The van der Waals surface area contributed by atoms with Gasteiger partial charge in [-0.3, -0.25) is 9.78 Å². The molecule has 1 N–H and O–H groups in total. The number of nitrogens with one attached hydrogen (secondary N) is 1. The quantitative estimate of drug-likeness (QED) is 0.389. The predicted octanol–water partition coefficient (Wildman–Crippen LogP) is 4.75. The average molecular weight is 402 g/mol. The van der Waals surface area contributed by atoms with E-state index >= 15 is 0 Å². The number of H-pyrrole nitrogens is 1. The Bertz CT molecular complexity index is 926. The van der Waals surface area contributed by atoms with E-state index in [0.29, 0.717) is 27.9 Å². The molecule has 8 heteroatoms. The van der Waals surface area contributed by atoms with Gasteiger partial charge in [0.25, 0.3) is 0 Å². The first-order valence-corrected chi connectivity index (χ1v) is 9.70. The van der Waals surface area contributed by atoms with Crippen LogP contribution in [0.15, 0.2) is 30.5 Å². The summed E-state index contributed by atoms with van der Waals surface area (Å²) in [6, 6.07) is 6.95. The number of benzene rings is 1. The van der Waals surface area contributed by atoms with E-state index in [0.717, 1.165) is 0 Å². The molecule has 1 unspecified atom stereocenters. The molecule has 24 heavy (non-hydrogen) atoms. The van der Waals surface area contributed by atoms with Crippen molar-refractivity contribution in [1.29, 1.82) is 0 Å². The largest absolute Gasteiger partial charge is 0.616 e. The molecule has 0 aliphatic rings. The van der Waals surface area contributed by atoms with Crippen LogP contribution in [0.1, 0.15) is 10.5 Å². The maximum absolute atomic E-state index is 12.5. The highest BCUT2D eigenvalue weighted by atomic mass is 35.5. The molecule has 0 spiro atoms. The van der Waals surface area contributed by atoms with Crippen molar-refractivity contribution >= 4 is 62.7 Å². The van der Waals surface area contributed by atoms with Gasteiger partial charge in [-0.05, 0) is 29.4 Å². The summed E-state index contributed by atoms with van der Waals surface area (Å²) in [4.78, 5) is 19.9. The van der Waals surface area contributed by atoms with Crippen LogP contribution in [0.3, 0.4) is 0 Å². The van der Waals surface area contributed by atoms with Gasteiger partial charge in [0.15, 0.2) is 5.75 Å². The van der Waals surface area contributed by atoms with Gasteiger partial charge in [-0.15, -0.1) is 0 Å². The zero-order valence-electron chi connectivity index (χ0n) is 12.4. The van der Waals surface area contributed by atoms with Crippen LogP contribution in [0.4, 0.5) is 0 Å². The number of fused-ring (bicyclic) bond motifs is 1. The minimum Gasteiger partial charge on any atom is -0.616 e. The monoisotopic (exact) mass is 400 g/mol. The van der Waals surface area contributed by atoms with Crippen molar-refractivity contribution in [3.8, 4) is 11.3 Å². The number of hydrogen-bond acceptors (Lipinski definition) is 3. The Labute approximate surface area is 156 Å². The Balaban J connectivity index is 2.35. The SMILES string of the molecule is C[S+]([O-])CC(=O)c1[nH]c2cc(Cl)c(Cl)c(Cl)c2c1-c1ccccn1. The Morgan fingerprint density at radius 2 is 2.04 bits per heavy atom. The maximum atomic E-state index is 12.5. The van der Waals surface area contributed by atoms with Crippen molar-refractivity contribution < 1.29 is 9.35 Å². The summed E-state index contributed by atoms with van der Waals surface area (Å²) in [5.41, 5.74) is 1.96. The van der Waals surface area contributed by atoms with Crippen LogP contribution in [0, 0.1) is 0 Å². The van der Waals surface area contributed by atoms with Gasteiger partial charge in [-0.2, -0.15) is 0 Å². The lowest BCUT2D eigenvalue weighted by molar-refractivity contribution is 0.101. The number of aromatic amines is 1. The molecule has 0 saturated carbocycles. The van der Waals surface area contributed by atoms with Gasteiger partial charge in [0.1, 0.15) is 0 Å². The summed E-state index contributed by atoms with van der Waals surface area (Å²) in [5.74, 6) is -0.401. The fourth-order valence-corrected chi connectivity index (χ4v) is 3.71. The molecule has 0 saturated heterocycles. The maximum Gasteiger partial charge on any atom is 0.228 e. The van der Waals surface area contributed by atoms with Crippen molar-refractivity contribution in [2.75, 3.05) is 12.0 Å². The van der Waals surface area contributed by atoms with E-state index in [1.165, 1.54) is 6.26 Å². The number of Topliss-reactive ketones (excluding diaryl/α,β-unsaturated/α-hetero) is 1. The Kier molecular flexibility index (Phi) is 5.08. The number of pyridine rings is 1. The summed E-state index contributed by atoms with van der Waals surface area (Å²) in [6.07, 6.45) is 3.09. The van der Waals surface area contributed by atoms with Crippen LogP contribution in [-0.4, -0.2) is 32.3 Å². The molecule has 3 aromatic rings. The lowest BCUT2D eigenvalue weighted by atomic mass is 10.0. The van der Waals surface area contributed by atoms with Crippen LogP contribution in [0.2, 0.25) is 15.1 Å². The van der Waals surface area contributed by atoms with Crippen molar-refractivity contribution in [2.24, 2.45) is 0 Å². The van der Waals surface area contributed by atoms with Crippen molar-refractivity contribution in [3.05, 3.63) is 51.2 Å². The minimum absolute atomic E-state index is 0.105. The van der Waals surface area contributed by atoms with E-state index in [1.54, 1.807) is 30.5 Å². The first-order chi connectivity index (χ1) is 11.4. The van der Waals surface area contributed by atoms with Crippen molar-refractivity contribution in [3.63, 3.8) is 0 Å². The summed E-state index contributed by atoms with van der Waals surface area (Å²) in [5, 5.41) is 1.30. The fourth-order valence-electron chi connectivity index (χ4n) is 2.49. The molecule has 0 radical (unpaired) electrons. The Morgan fingerprint density at radius 3 is 2.67 bits per heavy atom. The molecule has 124 valence electrons. The van der Waals surface area contributed by atoms with Crippen LogP contribution in [-0.2, 0) is 11.2 Å². The molecular formula is C16H11Cl3N2O2S. The molecule has 0 aliphatic heterocycles. The minimum atomic E-state index is -1.27. The number of nitrogens with zero attached hydrogens (tertiary/aromatic N) is 1.